The van der Waals surface area contributed by atoms with Crippen molar-refractivity contribution in [3.63, 3.8) is 0 Å². The van der Waals surface area contributed by atoms with E-state index in [9.17, 15) is 19.8 Å². The normalized spacial score (nSPS) is 17.4. The van der Waals surface area contributed by atoms with Gasteiger partial charge in [-0.3, -0.25) is 14.5 Å². The lowest BCUT2D eigenvalue weighted by molar-refractivity contribution is -0.132. The van der Waals surface area contributed by atoms with E-state index in [1.165, 1.54) is 35.5 Å². The minimum Gasteiger partial charge on any atom is -0.508 e. The summed E-state index contributed by atoms with van der Waals surface area (Å²) in [4.78, 5) is 33.0. The van der Waals surface area contributed by atoms with Gasteiger partial charge in [-0.1, -0.05) is 61.9 Å². The van der Waals surface area contributed by atoms with Gasteiger partial charge in [-0.25, -0.2) is 4.98 Å². The van der Waals surface area contributed by atoms with Crippen LogP contribution in [0.4, 0.5) is 5.13 Å². The number of halogens is 1. The number of ketones is 1. The van der Waals surface area contributed by atoms with Gasteiger partial charge in [0.2, 0.25) is 0 Å². The SMILES string of the molecule is COc1ccc(C(C)(C)C)cc1/C(O)=C1\C(=O)C(=O)N(c2nc3ccc(Cl)cc3s2)C1c1ccc(O)cc1. The van der Waals surface area contributed by atoms with Gasteiger partial charge in [0, 0.05) is 5.02 Å². The zero-order valence-corrected chi connectivity index (χ0v) is 22.7. The van der Waals surface area contributed by atoms with E-state index in [2.05, 4.69) is 4.98 Å². The number of fused-ring (bicyclic) bond motifs is 1. The Morgan fingerprint density at radius 3 is 2.42 bits per heavy atom. The highest BCUT2D eigenvalue weighted by atomic mass is 35.5. The monoisotopic (exact) mass is 548 g/mol. The first-order valence-electron chi connectivity index (χ1n) is 11.8. The number of aliphatic hydroxyl groups excluding tert-OH is 1. The molecule has 1 unspecified atom stereocenters. The van der Waals surface area contributed by atoms with Crippen molar-refractivity contribution in [1.29, 1.82) is 0 Å². The molecule has 2 N–H and O–H groups in total. The number of carbonyl (C=O) groups is 2. The van der Waals surface area contributed by atoms with Crippen LogP contribution in [0.15, 0.2) is 66.2 Å². The number of thiazole rings is 1. The predicted molar refractivity (Wildman–Crippen MR) is 149 cm³/mol. The van der Waals surface area contributed by atoms with Crippen molar-refractivity contribution in [3.05, 3.63) is 87.9 Å². The summed E-state index contributed by atoms with van der Waals surface area (Å²) in [5.41, 5.74) is 2.03. The number of methoxy groups -OCH3 is 1. The topological polar surface area (TPSA) is 100.0 Å². The standard InChI is InChI=1S/C29H25ClN2O5S/c1-29(2,3)16-7-12-21(37-4)19(13-16)25(34)23-24(15-5-9-18(33)10-6-15)32(27(36)26(23)35)28-31-20-11-8-17(30)14-22(20)38-28/h5-14,24,33-34H,1-4H3/b25-23+. The van der Waals surface area contributed by atoms with E-state index in [1.54, 1.807) is 42.5 Å². The molecular formula is C29H25ClN2O5S. The van der Waals surface area contributed by atoms with Crippen molar-refractivity contribution in [2.75, 3.05) is 12.0 Å². The van der Waals surface area contributed by atoms with Crippen LogP contribution in [-0.2, 0) is 15.0 Å². The molecule has 194 valence electrons. The van der Waals surface area contributed by atoms with E-state index in [1.807, 2.05) is 26.8 Å². The molecule has 38 heavy (non-hydrogen) atoms. The minimum absolute atomic E-state index is 0.0277. The third-order valence-corrected chi connectivity index (χ3v) is 7.77. The Morgan fingerprint density at radius 2 is 1.76 bits per heavy atom. The van der Waals surface area contributed by atoms with Crippen LogP contribution < -0.4 is 9.64 Å². The van der Waals surface area contributed by atoms with E-state index in [0.717, 1.165) is 10.3 Å². The fourth-order valence-corrected chi connectivity index (χ4v) is 5.76. The molecule has 1 fully saturated rings. The molecule has 0 spiro atoms. The number of ether oxygens (including phenoxy) is 1. The summed E-state index contributed by atoms with van der Waals surface area (Å²) < 4.78 is 6.26. The Morgan fingerprint density at radius 1 is 1.05 bits per heavy atom. The van der Waals surface area contributed by atoms with Gasteiger partial charge in [-0.05, 0) is 59.0 Å². The largest absolute Gasteiger partial charge is 0.508 e. The number of amides is 1. The summed E-state index contributed by atoms with van der Waals surface area (Å²) in [6, 6.07) is 15.8. The van der Waals surface area contributed by atoms with Gasteiger partial charge in [0.1, 0.15) is 17.3 Å². The Balaban J connectivity index is 1.76. The first kappa shape index (κ1) is 25.8. The molecule has 0 bridgehead atoms. The smallest absolute Gasteiger partial charge is 0.301 e. The van der Waals surface area contributed by atoms with E-state index >= 15 is 0 Å². The van der Waals surface area contributed by atoms with Gasteiger partial charge in [-0.2, -0.15) is 0 Å². The maximum Gasteiger partial charge on any atom is 0.301 e. The number of rotatable bonds is 4. The zero-order chi connectivity index (χ0) is 27.4. The number of aromatic nitrogens is 1. The van der Waals surface area contributed by atoms with Crippen LogP contribution in [0.25, 0.3) is 16.0 Å². The number of phenolic OH excluding ortho intramolecular Hbond substituents is 1. The van der Waals surface area contributed by atoms with Crippen LogP contribution in [0.1, 0.15) is 43.5 Å². The number of nitrogens with zero attached hydrogens (tertiary/aromatic N) is 2. The van der Waals surface area contributed by atoms with Gasteiger partial charge < -0.3 is 14.9 Å². The number of hydrogen-bond donors (Lipinski definition) is 2. The second-order valence-corrected chi connectivity index (χ2v) is 11.5. The third kappa shape index (κ3) is 4.40. The molecule has 1 atom stereocenters. The average molecular weight is 549 g/mol. The molecule has 4 aromatic rings. The second-order valence-electron chi connectivity index (χ2n) is 10.0. The summed E-state index contributed by atoms with van der Waals surface area (Å²) in [5, 5.41) is 22.4. The number of phenols is 1. The zero-order valence-electron chi connectivity index (χ0n) is 21.2. The van der Waals surface area contributed by atoms with Crippen molar-refractivity contribution in [1.82, 2.24) is 4.98 Å². The van der Waals surface area contributed by atoms with Crippen LogP contribution in [-0.4, -0.2) is 34.0 Å². The van der Waals surface area contributed by atoms with Gasteiger partial charge >= 0.3 is 5.91 Å². The highest BCUT2D eigenvalue weighted by Gasteiger charge is 2.48. The van der Waals surface area contributed by atoms with E-state index in [4.69, 9.17) is 16.3 Å². The van der Waals surface area contributed by atoms with Gasteiger partial charge in [0.25, 0.3) is 5.78 Å². The highest BCUT2D eigenvalue weighted by molar-refractivity contribution is 7.22. The molecule has 9 heteroatoms. The number of benzene rings is 3. The van der Waals surface area contributed by atoms with Crippen molar-refractivity contribution in [3.8, 4) is 11.5 Å². The lowest BCUT2D eigenvalue weighted by Gasteiger charge is -2.24. The molecule has 0 radical (unpaired) electrons. The molecular weight excluding hydrogens is 524 g/mol. The van der Waals surface area contributed by atoms with Gasteiger partial charge in [0.05, 0.1) is 34.5 Å². The first-order valence-corrected chi connectivity index (χ1v) is 13.0. The summed E-state index contributed by atoms with van der Waals surface area (Å²) >= 11 is 7.37. The van der Waals surface area contributed by atoms with Crippen molar-refractivity contribution in [2.24, 2.45) is 0 Å². The van der Waals surface area contributed by atoms with E-state index in [0.29, 0.717) is 27.4 Å². The fraction of sp³-hybridized carbons (Fsp3) is 0.207. The number of aliphatic hydroxyl groups is 1. The minimum atomic E-state index is -0.991. The van der Waals surface area contributed by atoms with Crippen molar-refractivity contribution < 1.29 is 24.5 Å². The lowest BCUT2D eigenvalue weighted by Crippen LogP contribution is -2.29. The maximum absolute atomic E-state index is 13.6. The van der Waals surface area contributed by atoms with Crippen LogP contribution in [0, 0.1) is 0 Å². The number of anilines is 1. The maximum atomic E-state index is 13.6. The molecule has 3 aromatic carbocycles. The Kier molecular flexibility index (Phi) is 6.41. The van der Waals surface area contributed by atoms with Crippen LogP contribution in [0.3, 0.4) is 0 Å². The number of hydrogen-bond acceptors (Lipinski definition) is 7. The summed E-state index contributed by atoms with van der Waals surface area (Å²) in [7, 11) is 1.48. The van der Waals surface area contributed by atoms with Crippen LogP contribution in [0.2, 0.25) is 5.02 Å². The molecule has 1 aliphatic rings. The van der Waals surface area contributed by atoms with Gasteiger partial charge in [-0.15, -0.1) is 0 Å². The third-order valence-electron chi connectivity index (χ3n) is 6.52. The second kappa shape index (κ2) is 9.45. The molecule has 0 aliphatic carbocycles. The average Bonchev–Trinajstić information content (AvgIpc) is 3.40. The Bertz CT molecular complexity index is 1620. The molecule has 1 aliphatic heterocycles. The number of Topliss-reactive ketones (excluding diaryl/α,β-unsaturated/α-hetero) is 1. The van der Waals surface area contributed by atoms with Crippen molar-refractivity contribution >= 4 is 55.7 Å². The van der Waals surface area contributed by atoms with Crippen LogP contribution >= 0.6 is 22.9 Å². The molecule has 7 nitrogen and oxygen atoms in total. The van der Waals surface area contributed by atoms with E-state index in [-0.39, 0.29) is 27.6 Å². The molecule has 2 heterocycles. The first-order chi connectivity index (χ1) is 18.0. The van der Waals surface area contributed by atoms with E-state index < -0.39 is 17.7 Å². The fourth-order valence-electron chi connectivity index (χ4n) is 4.50. The van der Waals surface area contributed by atoms with Crippen molar-refractivity contribution in [2.45, 2.75) is 32.2 Å². The summed E-state index contributed by atoms with van der Waals surface area (Å²) in [5.74, 6) is -1.63. The highest BCUT2D eigenvalue weighted by Crippen LogP contribution is 2.46. The number of carbonyl (C=O) groups excluding carboxylic acids is 2. The summed E-state index contributed by atoms with van der Waals surface area (Å²) in [6.45, 7) is 6.11. The molecule has 5 rings (SSSR count). The summed E-state index contributed by atoms with van der Waals surface area (Å²) in [6.07, 6.45) is 0. The lowest BCUT2D eigenvalue weighted by atomic mass is 9.85. The molecule has 1 amide bonds. The van der Waals surface area contributed by atoms with Crippen LogP contribution in [0.5, 0.6) is 11.5 Å². The molecule has 0 saturated carbocycles. The quantitative estimate of drug-likeness (QED) is 0.169. The predicted octanol–water partition coefficient (Wildman–Crippen LogP) is 6.59. The van der Waals surface area contributed by atoms with Gasteiger partial charge in [0.15, 0.2) is 5.13 Å². The molecule has 1 aromatic heterocycles. The number of aromatic hydroxyl groups is 1. The Labute approximate surface area is 228 Å². The molecule has 1 saturated heterocycles. The Hall–Kier alpha value is -3.88.